The lowest BCUT2D eigenvalue weighted by Crippen LogP contribution is -2.43. The van der Waals surface area contributed by atoms with Gasteiger partial charge in [-0.2, -0.15) is 0 Å². The second-order valence-corrected chi connectivity index (χ2v) is 5.16. The SMILES string of the molecule is C#CCNC(=O)C1CCCN(c2nc(C)cc(C)n2)C1. The van der Waals surface area contributed by atoms with Gasteiger partial charge in [-0.3, -0.25) is 4.79 Å². The van der Waals surface area contributed by atoms with Crippen LogP contribution in [-0.2, 0) is 4.79 Å². The Morgan fingerprint density at radius 2 is 2.20 bits per heavy atom. The van der Waals surface area contributed by atoms with E-state index in [0.29, 0.717) is 6.54 Å². The van der Waals surface area contributed by atoms with Gasteiger partial charge in [0.15, 0.2) is 0 Å². The molecule has 1 aliphatic heterocycles. The lowest BCUT2D eigenvalue weighted by atomic mass is 9.97. The maximum absolute atomic E-state index is 12.0. The highest BCUT2D eigenvalue weighted by Crippen LogP contribution is 2.21. The summed E-state index contributed by atoms with van der Waals surface area (Å²) < 4.78 is 0. The van der Waals surface area contributed by atoms with Crippen LogP contribution < -0.4 is 10.2 Å². The van der Waals surface area contributed by atoms with Gasteiger partial charge in [0.1, 0.15) is 0 Å². The number of amides is 1. The number of terminal acetylenes is 1. The first-order valence-corrected chi connectivity index (χ1v) is 6.88. The molecule has 1 aromatic rings. The van der Waals surface area contributed by atoms with Gasteiger partial charge in [0.05, 0.1) is 12.5 Å². The number of aromatic nitrogens is 2. The lowest BCUT2D eigenvalue weighted by Gasteiger charge is -2.32. The van der Waals surface area contributed by atoms with E-state index in [4.69, 9.17) is 6.42 Å². The molecule has 1 aromatic heterocycles. The van der Waals surface area contributed by atoms with Crippen molar-refractivity contribution in [3.05, 3.63) is 17.5 Å². The topological polar surface area (TPSA) is 58.1 Å². The van der Waals surface area contributed by atoms with Crippen molar-refractivity contribution in [2.24, 2.45) is 5.92 Å². The summed E-state index contributed by atoms with van der Waals surface area (Å²) in [6, 6.07) is 1.95. The van der Waals surface area contributed by atoms with E-state index < -0.39 is 0 Å². The third-order valence-electron chi connectivity index (χ3n) is 3.41. The van der Waals surface area contributed by atoms with Crippen molar-refractivity contribution in [3.8, 4) is 12.3 Å². The molecule has 1 saturated heterocycles. The number of piperidine rings is 1. The smallest absolute Gasteiger partial charge is 0.225 e. The number of hydrogen-bond donors (Lipinski definition) is 1. The van der Waals surface area contributed by atoms with Crippen LogP contribution in [0, 0.1) is 32.1 Å². The van der Waals surface area contributed by atoms with E-state index in [2.05, 4.69) is 26.1 Å². The largest absolute Gasteiger partial charge is 0.345 e. The van der Waals surface area contributed by atoms with Gasteiger partial charge < -0.3 is 10.2 Å². The van der Waals surface area contributed by atoms with Gasteiger partial charge in [-0.15, -0.1) is 6.42 Å². The van der Waals surface area contributed by atoms with Gasteiger partial charge in [-0.05, 0) is 32.8 Å². The Bertz CT molecular complexity index is 515. The number of carbonyl (C=O) groups is 1. The van der Waals surface area contributed by atoms with Crippen molar-refractivity contribution in [1.82, 2.24) is 15.3 Å². The average Bonchev–Trinajstić information content (AvgIpc) is 2.44. The first-order valence-electron chi connectivity index (χ1n) is 6.88. The third kappa shape index (κ3) is 3.47. The van der Waals surface area contributed by atoms with Crippen molar-refractivity contribution in [2.75, 3.05) is 24.5 Å². The normalized spacial score (nSPS) is 18.4. The Labute approximate surface area is 119 Å². The number of anilines is 1. The summed E-state index contributed by atoms with van der Waals surface area (Å²) in [7, 11) is 0. The van der Waals surface area contributed by atoms with Crippen LogP contribution in [0.5, 0.6) is 0 Å². The number of aryl methyl sites for hydroxylation is 2. The molecular weight excluding hydrogens is 252 g/mol. The predicted octanol–water partition coefficient (Wildman–Crippen LogP) is 1.06. The molecule has 106 valence electrons. The van der Waals surface area contributed by atoms with Crippen LogP contribution in [0.3, 0.4) is 0 Å². The van der Waals surface area contributed by atoms with Crippen LogP contribution in [0.1, 0.15) is 24.2 Å². The minimum Gasteiger partial charge on any atom is -0.345 e. The Morgan fingerprint density at radius 1 is 1.50 bits per heavy atom. The van der Waals surface area contributed by atoms with Crippen molar-refractivity contribution >= 4 is 11.9 Å². The van der Waals surface area contributed by atoms with Gasteiger partial charge in [0, 0.05) is 24.5 Å². The minimum atomic E-state index is -0.0403. The summed E-state index contributed by atoms with van der Waals surface area (Å²) in [4.78, 5) is 23.0. The number of rotatable bonds is 3. The van der Waals surface area contributed by atoms with Crippen LogP contribution in [0.25, 0.3) is 0 Å². The van der Waals surface area contributed by atoms with Crippen LogP contribution in [0.2, 0.25) is 0 Å². The van der Waals surface area contributed by atoms with E-state index in [1.54, 1.807) is 0 Å². The van der Waals surface area contributed by atoms with Gasteiger partial charge in [0.25, 0.3) is 0 Å². The number of nitrogens with zero attached hydrogens (tertiary/aromatic N) is 3. The Balaban J connectivity index is 2.06. The summed E-state index contributed by atoms with van der Waals surface area (Å²) >= 11 is 0. The number of carbonyl (C=O) groups excluding carboxylic acids is 1. The lowest BCUT2D eigenvalue weighted by molar-refractivity contribution is -0.124. The van der Waals surface area contributed by atoms with Crippen LogP contribution in [0.4, 0.5) is 5.95 Å². The summed E-state index contributed by atoms with van der Waals surface area (Å²) in [5.74, 6) is 3.13. The first-order chi connectivity index (χ1) is 9.60. The molecule has 1 amide bonds. The number of nitrogens with one attached hydrogen (secondary N) is 1. The molecule has 2 rings (SSSR count). The molecule has 1 unspecified atom stereocenters. The second kappa shape index (κ2) is 6.38. The molecule has 20 heavy (non-hydrogen) atoms. The van der Waals surface area contributed by atoms with Crippen molar-refractivity contribution < 1.29 is 4.79 Å². The molecule has 2 heterocycles. The zero-order valence-electron chi connectivity index (χ0n) is 12.0. The summed E-state index contributed by atoms with van der Waals surface area (Å²) in [6.45, 7) is 5.75. The summed E-state index contributed by atoms with van der Waals surface area (Å²) in [5, 5.41) is 2.75. The summed E-state index contributed by atoms with van der Waals surface area (Å²) in [5.41, 5.74) is 1.90. The molecule has 0 bridgehead atoms. The van der Waals surface area contributed by atoms with Gasteiger partial charge in [-0.1, -0.05) is 5.92 Å². The van der Waals surface area contributed by atoms with Crippen LogP contribution in [0.15, 0.2) is 6.07 Å². The molecule has 1 N–H and O–H groups in total. The molecule has 5 heteroatoms. The summed E-state index contributed by atoms with van der Waals surface area (Å²) in [6.07, 6.45) is 7.01. The highest BCUT2D eigenvalue weighted by molar-refractivity contribution is 5.79. The molecule has 0 aromatic carbocycles. The highest BCUT2D eigenvalue weighted by Gasteiger charge is 2.26. The monoisotopic (exact) mass is 272 g/mol. The maximum atomic E-state index is 12.0. The standard InChI is InChI=1S/C15H20N4O/c1-4-7-16-14(20)13-6-5-8-19(10-13)15-17-11(2)9-12(3)18-15/h1,9,13H,5-8,10H2,2-3H3,(H,16,20). The fourth-order valence-corrected chi connectivity index (χ4v) is 2.50. The van der Waals surface area contributed by atoms with Crippen molar-refractivity contribution in [3.63, 3.8) is 0 Å². The predicted molar refractivity (Wildman–Crippen MR) is 78.3 cm³/mol. The van der Waals surface area contributed by atoms with E-state index in [1.165, 1.54) is 0 Å². The first kappa shape index (κ1) is 14.3. The minimum absolute atomic E-state index is 0.0250. The van der Waals surface area contributed by atoms with E-state index >= 15 is 0 Å². The molecule has 1 aliphatic rings. The number of hydrogen-bond acceptors (Lipinski definition) is 4. The van der Waals surface area contributed by atoms with Crippen molar-refractivity contribution in [1.29, 1.82) is 0 Å². The third-order valence-corrected chi connectivity index (χ3v) is 3.41. The fourth-order valence-electron chi connectivity index (χ4n) is 2.50. The van der Waals surface area contributed by atoms with Gasteiger partial charge >= 0.3 is 0 Å². The molecule has 0 radical (unpaired) electrons. The van der Waals surface area contributed by atoms with Crippen LogP contribution >= 0.6 is 0 Å². The quantitative estimate of drug-likeness (QED) is 0.836. The van der Waals surface area contributed by atoms with E-state index in [1.807, 2.05) is 19.9 Å². The second-order valence-electron chi connectivity index (χ2n) is 5.16. The zero-order chi connectivity index (χ0) is 14.5. The van der Waals surface area contributed by atoms with E-state index in [9.17, 15) is 4.79 Å². The molecule has 5 nitrogen and oxygen atoms in total. The zero-order valence-corrected chi connectivity index (χ0v) is 12.0. The molecule has 0 saturated carbocycles. The van der Waals surface area contributed by atoms with Gasteiger partial charge in [-0.25, -0.2) is 9.97 Å². The molecule has 1 atom stereocenters. The van der Waals surface area contributed by atoms with Gasteiger partial charge in [0.2, 0.25) is 11.9 Å². The molecule has 1 fully saturated rings. The molecular formula is C15H20N4O. The van der Waals surface area contributed by atoms with E-state index in [0.717, 1.165) is 36.7 Å². The fraction of sp³-hybridized carbons (Fsp3) is 0.533. The molecule has 0 spiro atoms. The molecule has 0 aliphatic carbocycles. The Kier molecular flexibility index (Phi) is 4.57. The average molecular weight is 272 g/mol. The van der Waals surface area contributed by atoms with E-state index in [-0.39, 0.29) is 18.4 Å². The Hall–Kier alpha value is -2.09. The van der Waals surface area contributed by atoms with Crippen LogP contribution in [-0.4, -0.2) is 35.5 Å². The maximum Gasteiger partial charge on any atom is 0.225 e. The highest BCUT2D eigenvalue weighted by atomic mass is 16.1. The Morgan fingerprint density at radius 3 is 2.85 bits per heavy atom. The van der Waals surface area contributed by atoms with Crippen molar-refractivity contribution in [2.45, 2.75) is 26.7 Å².